The zero-order valence-corrected chi connectivity index (χ0v) is 18.8. The van der Waals surface area contributed by atoms with E-state index in [0.717, 1.165) is 0 Å². The van der Waals surface area contributed by atoms with E-state index in [1.54, 1.807) is 36.4 Å². The van der Waals surface area contributed by atoms with Crippen LogP contribution in [0.1, 0.15) is 23.0 Å². The number of nitrogens with zero attached hydrogens (tertiary/aromatic N) is 1. The monoisotopic (exact) mass is 486 g/mol. The van der Waals surface area contributed by atoms with Crippen LogP contribution in [0.3, 0.4) is 0 Å². The van der Waals surface area contributed by atoms with E-state index in [-0.39, 0.29) is 24.9 Å². The predicted octanol–water partition coefficient (Wildman–Crippen LogP) is 4.73. The summed E-state index contributed by atoms with van der Waals surface area (Å²) in [6, 6.07) is 15.8. The number of anilines is 1. The van der Waals surface area contributed by atoms with Crippen molar-refractivity contribution in [2.45, 2.75) is 13.5 Å². The number of hydrogen-bond donors (Lipinski definition) is 1. The number of carbonyl (C=O) groups is 2. The first-order chi connectivity index (χ1) is 15.0. The highest BCUT2D eigenvalue weighted by atomic mass is 79.9. The van der Waals surface area contributed by atoms with Gasteiger partial charge in [0.05, 0.1) is 31.0 Å². The van der Waals surface area contributed by atoms with Crippen LogP contribution in [0.15, 0.2) is 69.8 Å². The molecule has 0 spiro atoms. The van der Waals surface area contributed by atoms with E-state index in [2.05, 4.69) is 21.2 Å². The third-order valence-corrected chi connectivity index (χ3v) is 4.96. The fourth-order valence-corrected chi connectivity index (χ4v) is 3.55. The van der Waals surface area contributed by atoms with E-state index in [0.29, 0.717) is 39.6 Å². The first-order valence-electron chi connectivity index (χ1n) is 9.68. The Kier molecular flexibility index (Phi) is 7.72. The molecule has 0 bridgehead atoms. The van der Waals surface area contributed by atoms with Gasteiger partial charge in [-0.25, -0.2) is 0 Å². The number of furan rings is 1. The summed E-state index contributed by atoms with van der Waals surface area (Å²) in [5.41, 5.74) is 1.01. The van der Waals surface area contributed by atoms with Gasteiger partial charge in [-0.15, -0.1) is 0 Å². The topological polar surface area (TPSA) is 81.0 Å². The maximum absolute atomic E-state index is 13.3. The quantitative estimate of drug-likeness (QED) is 0.472. The molecule has 0 unspecified atom stereocenters. The Labute approximate surface area is 189 Å². The average Bonchev–Trinajstić information content (AvgIpc) is 3.28. The Morgan fingerprint density at radius 3 is 2.55 bits per heavy atom. The van der Waals surface area contributed by atoms with Crippen LogP contribution < -0.4 is 14.8 Å². The summed E-state index contributed by atoms with van der Waals surface area (Å²) < 4.78 is 17.0. The number of carbonyl (C=O) groups excluding carboxylic acids is 2. The van der Waals surface area contributed by atoms with Gasteiger partial charge in [0, 0.05) is 11.3 Å². The molecule has 8 heteroatoms. The minimum atomic E-state index is -0.346. The molecule has 1 N–H and O–H groups in total. The highest BCUT2D eigenvalue weighted by molar-refractivity contribution is 9.10. The second-order valence-electron chi connectivity index (χ2n) is 6.58. The normalized spacial score (nSPS) is 10.4. The Morgan fingerprint density at radius 1 is 1.13 bits per heavy atom. The van der Waals surface area contributed by atoms with Crippen molar-refractivity contribution in [1.29, 1.82) is 0 Å². The molecule has 31 heavy (non-hydrogen) atoms. The molecule has 0 radical (unpaired) electrons. The van der Waals surface area contributed by atoms with Gasteiger partial charge in [0.2, 0.25) is 5.91 Å². The highest BCUT2D eigenvalue weighted by Gasteiger charge is 2.23. The van der Waals surface area contributed by atoms with Gasteiger partial charge in [-0.2, -0.15) is 0 Å². The van der Waals surface area contributed by atoms with Gasteiger partial charge in [0.25, 0.3) is 5.91 Å². The van der Waals surface area contributed by atoms with Crippen molar-refractivity contribution in [2.24, 2.45) is 0 Å². The van der Waals surface area contributed by atoms with Crippen LogP contribution in [0.25, 0.3) is 0 Å². The van der Waals surface area contributed by atoms with Crippen molar-refractivity contribution >= 4 is 33.4 Å². The van der Waals surface area contributed by atoms with Crippen molar-refractivity contribution in [2.75, 3.05) is 25.6 Å². The van der Waals surface area contributed by atoms with Gasteiger partial charge in [-0.1, -0.05) is 18.2 Å². The summed E-state index contributed by atoms with van der Waals surface area (Å²) in [4.78, 5) is 27.4. The van der Waals surface area contributed by atoms with Crippen LogP contribution in [0, 0.1) is 0 Å². The predicted molar refractivity (Wildman–Crippen MR) is 120 cm³/mol. The SMILES string of the molecule is CCOc1c(Br)cc(C(=O)N(CC(=O)Nc2ccccc2)Cc2ccco2)cc1OC. The van der Waals surface area contributed by atoms with Gasteiger partial charge in [-0.3, -0.25) is 9.59 Å². The van der Waals surface area contributed by atoms with Gasteiger partial charge in [0.15, 0.2) is 11.5 Å². The molecule has 2 amide bonds. The lowest BCUT2D eigenvalue weighted by Gasteiger charge is -2.22. The third-order valence-electron chi connectivity index (χ3n) is 4.37. The minimum absolute atomic E-state index is 0.140. The van der Waals surface area contributed by atoms with E-state index in [4.69, 9.17) is 13.9 Å². The van der Waals surface area contributed by atoms with Gasteiger partial charge < -0.3 is 24.1 Å². The molecule has 0 saturated carbocycles. The lowest BCUT2D eigenvalue weighted by atomic mass is 10.1. The molecule has 3 rings (SSSR count). The van der Waals surface area contributed by atoms with Gasteiger partial charge in [-0.05, 0) is 59.3 Å². The third kappa shape index (κ3) is 5.88. The second kappa shape index (κ2) is 10.7. The Hall–Kier alpha value is -3.26. The van der Waals surface area contributed by atoms with Gasteiger partial charge >= 0.3 is 0 Å². The number of nitrogens with one attached hydrogen (secondary N) is 1. The molecule has 162 valence electrons. The standard InChI is InChI=1S/C23H23BrN2O5/c1-3-30-22-19(24)12-16(13-20(22)29-2)23(28)26(14-18-10-7-11-31-18)15-21(27)25-17-8-5-4-6-9-17/h4-13H,3,14-15H2,1-2H3,(H,25,27). The number of halogens is 1. The second-order valence-corrected chi connectivity index (χ2v) is 7.43. The van der Waals surface area contributed by atoms with E-state index in [9.17, 15) is 9.59 Å². The molecular formula is C23H23BrN2O5. The highest BCUT2D eigenvalue weighted by Crippen LogP contribution is 2.37. The van der Waals surface area contributed by atoms with Crippen molar-refractivity contribution in [1.82, 2.24) is 4.90 Å². The number of ether oxygens (including phenoxy) is 2. The lowest BCUT2D eigenvalue weighted by molar-refractivity contribution is -0.117. The van der Waals surface area contributed by atoms with E-state index in [1.807, 2.05) is 25.1 Å². The fraction of sp³-hybridized carbons (Fsp3) is 0.217. The van der Waals surface area contributed by atoms with Crippen LogP contribution in [0.5, 0.6) is 11.5 Å². The van der Waals surface area contributed by atoms with E-state index < -0.39 is 0 Å². The van der Waals surface area contributed by atoms with Crippen LogP contribution in [-0.2, 0) is 11.3 Å². The molecule has 3 aromatic rings. The fourth-order valence-electron chi connectivity index (χ4n) is 3.00. The number of para-hydroxylation sites is 1. The van der Waals surface area contributed by atoms with E-state index in [1.165, 1.54) is 18.3 Å². The molecule has 7 nitrogen and oxygen atoms in total. The molecule has 0 fully saturated rings. The van der Waals surface area contributed by atoms with Crippen LogP contribution >= 0.6 is 15.9 Å². The Bertz CT molecular complexity index is 1020. The van der Waals surface area contributed by atoms with Crippen LogP contribution in [0.2, 0.25) is 0 Å². The Balaban J connectivity index is 1.85. The molecule has 1 heterocycles. The van der Waals surface area contributed by atoms with Crippen molar-refractivity contribution < 1.29 is 23.5 Å². The maximum atomic E-state index is 13.3. The first kappa shape index (κ1) is 22.4. The van der Waals surface area contributed by atoms with Crippen LogP contribution in [-0.4, -0.2) is 37.0 Å². The summed E-state index contributed by atoms with van der Waals surface area (Å²) in [6.45, 7) is 2.30. The minimum Gasteiger partial charge on any atom is -0.493 e. The van der Waals surface area contributed by atoms with Gasteiger partial charge in [0.1, 0.15) is 12.3 Å². The number of benzene rings is 2. The summed E-state index contributed by atoms with van der Waals surface area (Å²) in [5.74, 6) is 0.842. The summed E-state index contributed by atoms with van der Waals surface area (Å²) >= 11 is 3.44. The molecule has 0 aliphatic heterocycles. The van der Waals surface area contributed by atoms with E-state index >= 15 is 0 Å². The van der Waals surface area contributed by atoms with Crippen LogP contribution in [0.4, 0.5) is 5.69 Å². The number of amides is 2. The largest absolute Gasteiger partial charge is 0.493 e. The smallest absolute Gasteiger partial charge is 0.254 e. The van der Waals surface area contributed by atoms with Crippen molar-refractivity contribution in [3.63, 3.8) is 0 Å². The number of rotatable bonds is 9. The number of hydrogen-bond acceptors (Lipinski definition) is 5. The zero-order chi connectivity index (χ0) is 22.2. The molecule has 0 atom stereocenters. The number of methoxy groups -OCH3 is 1. The molecule has 0 saturated heterocycles. The average molecular weight is 487 g/mol. The Morgan fingerprint density at radius 2 is 1.90 bits per heavy atom. The van der Waals surface area contributed by atoms with Crippen molar-refractivity contribution in [3.8, 4) is 11.5 Å². The summed E-state index contributed by atoms with van der Waals surface area (Å²) in [6.07, 6.45) is 1.53. The summed E-state index contributed by atoms with van der Waals surface area (Å²) in [5, 5.41) is 2.80. The molecule has 2 aromatic carbocycles. The van der Waals surface area contributed by atoms with Crippen molar-refractivity contribution in [3.05, 3.63) is 76.7 Å². The molecule has 0 aliphatic carbocycles. The molecular weight excluding hydrogens is 464 g/mol. The maximum Gasteiger partial charge on any atom is 0.254 e. The zero-order valence-electron chi connectivity index (χ0n) is 17.3. The first-order valence-corrected chi connectivity index (χ1v) is 10.5. The molecule has 0 aliphatic rings. The molecule has 1 aromatic heterocycles. The lowest BCUT2D eigenvalue weighted by Crippen LogP contribution is -2.37. The summed E-state index contributed by atoms with van der Waals surface area (Å²) in [7, 11) is 1.51.